The van der Waals surface area contributed by atoms with Crippen molar-refractivity contribution < 1.29 is 0 Å². The summed E-state index contributed by atoms with van der Waals surface area (Å²) in [4.78, 5) is 0. The van der Waals surface area contributed by atoms with E-state index in [2.05, 4.69) is 42.7 Å². The third-order valence-electron chi connectivity index (χ3n) is 3.23. The van der Waals surface area contributed by atoms with Crippen LogP contribution in [0.25, 0.3) is 5.69 Å². The van der Waals surface area contributed by atoms with Crippen molar-refractivity contribution in [3.63, 3.8) is 0 Å². The Balaban J connectivity index is 2.16. The predicted octanol–water partition coefficient (Wildman–Crippen LogP) is 2.94. The van der Waals surface area contributed by atoms with Crippen molar-refractivity contribution >= 4 is 11.8 Å². The van der Waals surface area contributed by atoms with E-state index in [4.69, 9.17) is 0 Å². The Hall–Kier alpha value is -1.26. The van der Waals surface area contributed by atoms with Crippen LogP contribution in [-0.2, 0) is 6.54 Å². The largest absolute Gasteiger partial charge is 0.312 e. The third kappa shape index (κ3) is 3.39. The van der Waals surface area contributed by atoms with Crippen LogP contribution in [0, 0.1) is 13.8 Å². The van der Waals surface area contributed by atoms with E-state index in [9.17, 15) is 0 Å². The number of aryl methyl sites for hydroxylation is 1. The molecule has 0 aliphatic heterocycles. The molecule has 1 aromatic carbocycles. The Bertz CT molecular complexity index is 520. The molecule has 3 nitrogen and oxygen atoms in total. The number of thioether (sulfide) groups is 1. The highest BCUT2D eigenvalue weighted by Gasteiger charge is 2.11. The summed E-state index contributed by atoms with van der Waals surface area (Å²) in [7, 11) is 0. The summed E-state index contributed by atoms with van der Waals surface area (Å²) < 4.78 is 2.03. The number of hydrogen-bond donors (Lipinski definition) is 1. The third-order valence-corrected chi connectivity index (χ3v) is 3.84. The van der Waals surface area contributed by atoms with E-state index in [0.29, 0.717) is 0 Å². The average Bonchev–Trinajstić information content (AvgIpc) is 2.72. The lowest BCUT2D eigenvalue weighted by Crippen LogP contribution is -2.17. The van der Waals surface area contributed by atoms with Crippen LogP contribution in [0.2, 0.25) is 0 Å². The fourth-order valence-electron chi connectivity index (χ4n) is 2.14. The summed E-state index contributed by atoms with van der Waals surface area (Å²) in [6.07, 6.45) is 2.13. The SMILES string of the molecule is CSCCNCc1c(C)nn(-c2ccccc2)c1C. The highest BCUT2D eigenvalue weighted by Crippen LogP contribution is 2.17. The molecule has 0 radical (unpaired) electrons. The number of nitrogens with one attached hydrogen (secondary N) is 1. The van der Waals surface area contributed by atoms with Crippen molar-refractivity contribution in [2.75, 3.05) is 18.6 Å². The molecule has 0 atom stereocenters. The number of nitrogens with zero attached hydrogens (tertiary/aromatic N) is 2. The quantitative estimate of drug-likeness (QED) is 0.822. The van der Waals surface area contributed by atoms with Crippen LogP contribution in [0.15, 0.2) is 30.3 Å². The molecule has 1 aromatic heterocycles. The van der Waals surface area contributed by atoms with Gasteiger partial charge in [-0.15, -0.1) is 0 Å². The molecule has 0 spiro atoms. The Morgan fingerprint density at radius 3 is 2.63 bits per heavy atom. The number of aromatic nitrogens is 2. The molecule has 0 unspecified atom stereocenters. The van der Waals surface area contributed by atoms with E-state index in [-0.39, 0.29) is 0 Å². The molecule has 102 valence electrons. The topological polar surface area (TPSA) is 29.9 Å². The number of para-hydroxylation sites is 1. The summed E-state index contributed by atoms with van der Waals surface area (Å²) in [5.41, 5.74) is 4.77. The number of hydrogen-bond acceptors (Lipinski definition) is 3. The smallest absolute Gasteiger partial charge is 0.0648 e. The number of benzene rings is 1. The highest BCUT2D eigenvalue weighted by atomic mass is 32.2. The van der Waals surface area contributed by atoms with Crippen LogP contribution in [0.1, 0.15) is 17.0 Å². The minimum absolute atomic E-state index is 0.894. The molecule has 0 bridgehead atoms. The molecule has 0 aliphatic rings. The van der Waals surface area contributed by atoms with Gasteiger partial charge in [0.15, 0.2) is 0 Å². The summed E-state index contributed by atoms with van der Waals surface area (Å²) in [6, 6.07) is 10.3. The molecule has 0 saturated heterocycles. The van der Waals surface area contributed by atoms with Crippen molar-refractivity contribution in [3.05, 3.63) is 47.3 Å². The van der Waals surface area contributed by atoms with Gasteiger partial charge in [0.2, 0.25) is 0 Å². The standard InChI is InChI=1S/C15H21N3S/c1-12-15(11-16-9-10-19-3)13(2)18(17-12)14-7-5-4-6-8-14/h4-8,16H,9-11H2,1-3H3. The Morgan fingerprint density at radius 1 is 1.21 bits per heavy atom. The van der Waals surface area contributed by atoms with E-state index in [1.54, 1.807) is 0 Å². The summed E-state index contributed by atoms with van der Waals surface area (Å²) in [5, 5.41) is 8.13. The van der Waals surface area contributed by atoms with Gasteiger partial charge in [0.05, 0.1) is 11.4 Å². The van der Waals surface area contributed by atoms with E-state index in [1.807, 2.05) is 34.6 Å². The zero-order valence-corrected chi connectivity index (χ0v) is 12.6. The van der Waals surface area contributed by atoms with Crippen molar-refractivity contribution in [1.29, 1.82) is 0 Å². The first-order valence-corrected chi connectivity index (χ1v) is 7.93. The zero-order chi connectivity index (χ0) is 13.7. The Kier molecular flexibility index (Phi) is 5.05. The summed E-state index contributed by atoms with van der Waals surface area (Å²) >= 11 is 1.86. The Morgan fingerprint density at radius 2 is 1.95 bits per heavy atom. The molecule has 1 heterocycles. The maximum Gasteiger partial charge on any atom is 0.0648 e. The van der Waals surface area contributed by atoms with Crippen molar-refractivity contribution in [1.82, 2.24) is 15.1 Å². The lowest BCUT2D eigenvalue weighted by molar-refractivity contribution is 0.724. The second-order valence-corrected chi connectivity index (χ2v) is 5.55. The van der Waals surface area contributed by atoms with Gasteiger partial charge in [-0.3, -0.25) is 0 Å². The monoisotopic (exact) mass is 275 g/mol. The molecule has 4 heteroatoms. The van der Waals surface area contributed by atoms with Crippen LogP contribution in [0.3, 0.4) is 0 Å². The minimum Gasteiger partial charge on any atom is -0.312 e. The minimum atomic E-state index is 0.894. The fraction of sp³-hybridized carbons (Fsp3) is 0.400. The van der Waals surface area contributed by atoms with Gasteiger partial charge in [-0.1, -0.05) is 18.2 Å². The van der Waals surface area contributed by atoms with Crippen LogP contribution < -0.4 is 5.32 Å². The first-order chi connectivity index (χ1) is 9.24. The molecule has 1 N–H and O–H groups in total. The van der Waals surface area contributed by atoms with Gasteiger partial charge in [0, 0.05) is 30.1 Å². The molecule has 0 fully saturated rings. The average molecular weight is 275 g/mol. The predicted molar refractivity (Wildman–Crippen MR) is 83.1 cm³/mol. The molecule has 2 aromatic rings. The molecule has 19 heavy (non-hydrogen) atoms. The fourth-order valence-corrected chi connectivity index (χ4v) is 2.49. The lowest BCUT2D eigenvalue weighted by atomic mass is 10.2. The first-order valence-electron chi connectivity index (χ1n) is 6.54. The van der Waals surface area contributed by atoms with E-state index < -0.39 is 0 Å². The molecular formula is C15H21N3S. The summed E-state index contributed by atoms with van der Waals surface area (Å²) in [6.45, 7) is 6.15. The lowest BCUT2D eigenvalue weighted by Gasteiger charge is -2.06. The van der Waals surface area contributed by atoms with E-state index in [1.165, 1.54) is 11.3 Å². The van der Waals surface area contributed by atoms with E-state index >= 15 is 0 Å². The first kappa shape index (κ1) is 14.2. The van der Waals surface area contributed by atoms with Crippen LogP contribution in [0.4, 0.5) is 0 Å². The van der Waals surface area contributed by atoms with Gasteiger partial charge in [-0.2, -0.15) is 16.9 Å². The molecule has 2 rings (SSSR count). The van der Waals surface area contributed by atoms with Gasteiger partial charge < -0.3 is 5.32 Å². The second-order valence-electron chi connectivity index (χ2n) is 4.57. The van der Waals surface area contributed by atoms with Crippen molar-refractivity contribution in [3.8, 4) is 5.69 Å². The maximum atomic E-state index is 4.65. The summed E-state index contributed by atoms with van der Waals surface area (Å²) in [5.74, 6) is 1.14. The molecular weight excluding hydrogens is 254 g/mol. The highest BCUT2D eigenvalue weighted by molar-refractivity contribution is 7.98. The van der Waals surface area contributed by atoms with Crippen LogP contribution >= 0.6 is 11.8 Å². The van der Waals surface area contributed by atoms with Gasteiger partial charge in [0.25, 0.3) is 0 Å². The number of rotatable bonds is 6. The molecule has 0 aliphatic carbocycles. The molecule has 0 amide bonds. The van der Waals surface area contributed by atoms with Gasteiger partial charge in [0.1, 0.15) is 0 Å². The van der Waals surface area contributed by atoms with E-state index in [0.717, 1.165) is 30.2 Å². The van der Waals surface area contributed by atoms with Crippen LogP contribution in [0.5, 0.6) is 0 Å². The van der Waals surface area contributed by atoms with Gasteiger partial charge >= 0.3 is 0 Å². The maximum absolute atomic E-state index is 4.65. The van der Waals surface area contributed by atoms with Gasteiger partial charge in [-0.25, -0.2) is 4.68 Å². The van der Waals surface area contributed by atoms with Gasteiger partial charge in [-0.05, 0) is 32.2 Å². The van der Waals surface area contributed by atoms with Crippen molar-refractivity contribution in [2.45, 2.75) is 20.4 Å². The van der Waals surface area contributed by atoms with Crippen molar-refractivity contribution in [2.24, 2.45) is 0 Å². The zero-order valence-electron chi connectivity index (χ0n) is 11.8. The normalized spacial score (nSPS) is 10.9. The Labute approximate surface area is 119 Å². The second kappa shape index (κ2) is 6.78. The van der Waals surface area contributed by atoms with Crippen LogP contribution in [-0.4, -0.2) is 28.3 Å². The molecule has 0 saturated carbocycles.